The number of nitrogens with one attached hydrogen (secondary N) is 1. The van der Waals surface area contributed by atoms with Crippen molar-refractivity contribution >= 4 is 23.3 Å². The molecule has 1 atom stereocenters. The van der Waals surface area contributed by atoms with Gasteiger partial charge in [0.25, 0.3) is 5.91 Å². The summed E-state index contributed by atoms with van der Waals surface area (Å²) >= 11 is 0. The summed E-state index contributed by atoms with van der Waals surface area (Å²) in [6, 6.07) is 12.1. The summed E-state index contributed by atoms with van der Waals surface area (Å²) < 4.78 is 5.18. The predicted octanol–water partition coefficient (Wildman–Crippen LogP) is 3.07. The van der Waals surface area contributed by atoms with E-state index in [9.17, 15) is 9.59 Å². The second kappa shape index (κ2) is 6.96. The number of hydrogen-bond acceptors (Lipinski definition) is 4. The van der Waals surface area contributed by atoms with E-state index in [1.54, 1.807) is 18.2 Å². The number of anilines is 2. The zero-order valence-corrected chi connectivity index (χ0v) is 13.4. The Bertz CT molecular complexity index is 741. The first-order valence-corrected chi connectivity index (χ1v) is 7.31. The number of carbonyl (C=O) groups is 2. The Morgan fingerprint density at radius 3 is 2.52 bits per heavy atom. The van der Waals surface area contributed by atoms with Crippen molar-refractivity contribution in [2.24, 2.45) is 0 Å². The highest BCUT2D eigenvalue weighted by Gasteiger charge is 2.19. The van der Waals surface area contributed by atoms with E-state index in [4.69, 9.17) is 10.5 Å². The molecule has 1 amide bonds. The Hall–Kier alpha value is -2.82. The van der Waals surface area contributed by atoms with Gasteiger partial charge in [0.15, 0.2) is 6.10 Å². The van der Waals surface area contributed by atoms with E-state index in [0.717, 1.165) is 11.1 Å². The molecule has 0 aromatic heterocycles. The minimum Gasteiger partial charge on any atom is -0.449 e. The maximum absolute atomic E-state index is 12.2. The van der Waals surface area contributed by atoms with Crippen LogP contribution in [0.15, 0.2) is 42.5 Å². The zero-order chi connectivity index (χ0) is 17.0. The molecule has 2 aromatic rings. The van der Waals surface area contributed by atoms with Crippen molar-refractivity contribution in [1.29, 1.82) is 0 Å². The van der Waals surface area contributed by atoms with Crippen LogP contribution in [-0.4, -0.2) is 18.0 Å². The number of benzene rings is 2. The number of esters is 1. The minimum atomic E-state index is -0.912. The van der Waals surface area contributed by atoms with E-state index in [-0.39, 0.29) is 5.91 Å². The number of amides is 1. The second-order valence-electron chi connectivity index (χ2n) is 5.48. The fourth-order valence-corrected chi connectivity index (χ4v) is 2.14. The largest absolute Gasteiger partial charge is 0.449 e. The summed E-state index contributed by atoms with van der Waals surface area (Å²) in [5, 5.41) is 2.76. The topological polar surface area (TPSA) is 81.4 Å². The first-order chi connectivity index (χ1) is 10.9. The van der Waals surface area contributed by atoms with Gasteiger partial charge in [0, 0.05) is 11.4 Å². The Morgan fingerprint density at radius 1 is 1.13 bits per heavy atom. The fourth-order valence-electron chi connectivity index (χ4n) is 2.14. The summed E-state index contributed by atoms with van der Waals surface area (Å²) in [5.41, 5.74) is 9.18. The molecule has 0 aliphatic heterocycles. The van der Waals surface area contributed by atoms with Crippen molar-refractivity contribution in [2.45, 2.75) is 26.9 Å². The average Bonchev–Trinajstić information content (AvgIpc) is 2.49. The third-order valence-electron chi connectivity index (χ3n) is 3.42. The highest BCUT2D eigenvalue weighted by atomic mass is 16.5. The molecule has 0 bridgehead atoms. The third kappa shape index (κ3) is 4.32. The molecule has 1 unspecified atom stereocenters. The fraction of sp³-hybridized carbons (Fsp3) is 0.222. The maximum atomic E-state index is 12.2. The van der Waals surface area contributed by atoms with Gasteiger partial charge in [0.05, 0.1) is 5.56 Å². The number of nitrogens with two attached hydrogens (primary N) is 1. The first-order valence-electron chi connectivity index (χ1n) is 7.31. The molecule has 3 N–H and O–H groups in total. The molecule has 5 nitrogen and oxygen atoms in total. The molecule has 5 heteroatoms. The number of aryl methyl sites for hydroxylation is 2. The number of nitrogen functional groups attached to an aromatic ring is 1. The molecule has 0 radical (unpaired) electrons. The van der Waals surface area contributed by atoms with Gasteiger partial charge in [-0.2, -0.15) is 0 Å². The van der Waals surface area contributed by atoms with E-state index in [1.807, 2.05) is 32.0 Å². The SMILES string of the molecule is Cc1ccc(NC(=O)C(C)OC(=O)c2cccc(N)c2)c(C)c1. The first kappa shape index (κ1) is 16.5. The lowest BCUT2D eigenvalue weighted by atomic mass is 10.1. The highest BCUT2D eigenvalue weighted by molar-refractivity contribution is 5.98. The van der Waals surface area contributed by atoms with Crippen LogP contribution in [0.3, 0.4) is 0 Å². The van der Waals surface area contributed by atoms with Crippen LogP contribution in [0.5, 0.6) is 0 Å². The van der Waals surface area contributed by atoms with Crippen LogP contribution in [0.25, 0.3) is 0 Å². The second-order valence-corrected chi connectivity index (χ2v) is 5.48. The number of hydrogen-bond donors (Lipinski definition) is 2. The van der Waals surface area contributed by atoms with E-state index in [2.05, 4.69) is 5.32 Å². The van der Waals surface area contributed by atoms with Gasteiger partial charge in [-0.25, -0.2) is 4.79 Å². The number of rotatable bonds is 4. The van der Waals surface area contributed by atoms with E-state index < -0.39 is 12.1 Å². The van der Waals surface area contributed by atoms with Crippen LogP contribution in [0.2, 0.25) is 0 Å². The Morgan fingerprint density at radius 2 is 1.87 bits per heavy atom. The summed E-state index contributed by atoms with van der Waals surface area (Å²) in [4.78, 5) is 24.2. The normalized spacial score (nSPS) is 11.6. The van der Waals surface area contributed by atoms with Gasteiger partial charge in [0.2, 0.25) is 0 Å². The third-order valence-corrected chi connectivity index (χ3v) is 3.42. The molecular weight excluding hydrogens is 292 g/mol. The number of ether oxygens (including phenoxy) is 1. The van der Waals surface area contributed by atoms with Crippen molar-refractivity contribution in [3.8, 4) is 0 Å². The molecule has 0 aliphatic carbocycles. The van der Waals surface area contributed by atoms with Crippen molar-refractivity contribution in [2.75, 3.05) is 11.1 Å². The summed E-state index contributed by atoms with van der Waals surface area (Å²) in [7, 11) is 0. The van der Waals surface area contributed by atoms with E-state index >= 15 is 0 Å². The van der Waals surface area contributed by atoms with Crippen LogP contribution in [-0.2, 0) is 9.53 Å². The Balaban J connectivity index is 2.01. The van der Waals surface area contributed by atoms with Gasteiger partial charge in [0.1, 0.15) is 0 Å². The Labute approximate surface area is 135 Å². The smallest absolute Gasteiger partial charge is 0.338 e. The van der Waals surface area contributed by atoms with Crippen molar-refractivity contribution in [3.05, 3.63) is 59.2 Å². The molecule has 0 saturated carbocycles. The van der Waals surface area contributed by atoms with Crippen LogP contribution >= 0.6 is 0 Å². The molecule has 0 aliphatic rings. The summed E-state index contributed by atoms with van der Waals surface area (Å²) in [6.07, 6.45) is -0.912. The van der Waals surface area contributed by atoms with Crippen LogP contribution in [0, 0.1) is 13.8 Å². The molecule has 0 heterocycles. The van der Waals surface area contributed by atoms with Gasteiger partial charge in [-0.1, -0.05) is 23.8 Å². The van der Waals surface area contributed by atoms with Gasteiger partial charge >= 0.3 is 5.97 Å². The molecule has 0 spiro atoms. The molecular formula is C18H20N2O3. The minimum absolute atomic E-state index is 0.316. The molecule has 2 rings (SSSR count). The van der Waals surface area contributed by atoms with Gasteiger partial charge in [-0.3, -0.25) is 4.79 Å². The van der Waals surface area contributed by atoms with Gasteiger partial charge < -0.3 is 15.8 Å². The summed E-state index contributed by atoms with van der Waals surface area (Å²) in [6.45, 7) is 5.42. The zero-order valence-electron chi connectivity index (χ0n) is 13.4. The van der Waals surface area contributed by atoms with Crippen LogP contribution < -0.4 is 11.1 Å². The van der Waals surface area contributed by atoms with Crippen molar-refractivity contribution in [3.63, 3.8) is 0 Å². The van der Waals surface area contributed by atoms with E-state index in [1.165, 1.54) is 13.0 Å². The van der Waals surface area contributed by atoms with Gasteiger partial charge in [-0.05, 0) is 50.6 Å². The highest BCUT2D eigenvalue weighted by Crippen LogP contribution is 2.17. The molecule has 120 valence electrons. The van der Waals surface area contributed by atoms with Crippen molar-refractivity contribution < 1.29 is 14.3 Å². The predicted molar refractivity (Wildman–Crippen MR) is 90.3 cm³/mol. The lowest BCUT2D eigenvalue weighted by Gasteiger charge is -2.15. The molecule has 0 fully saturated rings. The monoisotopic (exact) mass is 312 g/mol. The lowest BCUT2D eigenvalue weighted by Crippen LogP contribution is -2.30. The maximum Gasteiger partial charge on any atom is 0.338 e. The van der Waals surface area contributed by atoms with Crippen molar-refractivity contribution in [1.82, 2.24) is 0 Å². The summed E-state index contributed by atoms with van der Waals surface area (Å²) in [5.74, 6) is -0.963. The molecule has 2 aromatic carbocycles. The van der Waals surface area contributed by atoms with Gasteiger partial charge in [-0.15, -0.1) is 0 Å². The Kier molecular flexibility index (Phi) is 5.01. The standard InChI is InChI=1S/C18H20N2O3/c1-11-7-8-16(12(2)9-11)20-17(21)13(3)23-18(22)14-5-4-6-15(19)10-14/h4-10,13H,19H2,1-3H3,(H,20,21). The van der Waals surface area contributed by atoms with E-state index in [0.29, 0.717) is 16.9 Å². The quantitative estimate of drug-likeness (QED) is 0.671. The van der Waals surface area contributed by atoms with Crippen LogP contribution in [0.4, 0.5) is 11.4 Å². The molecule has 23 heavy (non-hydrogen) atoms. The molecule has 0 saturated heterocycles. The lowest BCUT2D eigenvalue weighted by molar-refractivity contribution is -0.123. The average molecular weight is 312 g/mol. The number of carbonyl (C=O) groups excluding carboxylic acids is 2. The van der Waals surface area contributed by atoms with Crippen LogP contribution in [0.1, 0.15) is 28.4 Å².